The molecule has 0 spiro atoms. The molecule has 1 aromatic rings. The maximum Gasteiger partial charge on any atom is 0.289 e. The Bertz CT molecular complexity index is 979. The van der Waals surface area contributed by atoms with Gasteiger partial charge < -0.3 is 25.4 Å². The molecular weight excluding hydrogens is 450 g/mol. The minimum atomic E-state index is -1.15. The number of nitrogens with one attached hydrogen (secondary N) is 3. The highest BCUT2D eigenvalue weighted by Crippen LogP contribution is 2.34. The lowest BCUT2D eigenvalue weighted by molar-refractivity contribution is -0.142. The quantitative estimate of drug-likeness (QED) is 0.487. The summed E-state index contributed by atoms with van der Waals surface area (Å²) >= 11 is 0. The van der Waals surface area contributed by atoms with Crippen molar-refractivity contribution in [1.29, 1.82) is 0 Å². The van der Waals surface area contributed by atoms with Gasteiger partial charge in [0, 0.05) is 11.6 Å². The van der Waals surface area contributed by atoms with E-state index in [1.165, 1.54) is 0 Å². The fraction of sp³-hybridized carbons (Fsp3) is 0.615. The van der Waals surface area contributed by atoms with E-state index in [-0.39, 0.29) is 18.8 Å². The molecule has 1 aliphatic heterocycles. The van der Waals surface area contributed by atoms with Gasteiger partial charge in [-0.3, -0.25) is 19.2 Å². The molecule has 0 saturated heterocycles. The Labute approximate surface area is 205 Å². The molecule has 190 valence electrons. The molecule has 1 heterocycles. The molecule has 0 aromatic heterocycles. The van der Waals surface area contributed by atoms with Gasteiger partial charge in [0.15, 0.2) is 11.5 Å². The van der Waals surface area contributed by atoms with Crippen LogP contribution >= 0.6 is 0 Å². The number of hydrogen-bond donors (Lipinski definition) is 3. The fourth-order valence-corrected chi connectivity index (χ4v) is 5.17. The molecule has 2 saturated carbocycles. The largest absolute Gasteiger partial charge is 0.454 e. The Kier molecular flexibility index (Phi) is 7.62. The normalized spacial score (nSPS) is 19.7. The first-order valence-electron chi connectivity index (χ1n) is 12.7. The van der Waals surface area contributed by atoms with Crippen LogP contribution in [0.1, 0.15) is 82.0 Å². The summed E-state index contributed by atoms with van der Waals surface area (Å²) in [6.07, 6.45) is 7.24. The van der Waals surface area contributed by atoms with E-state index in [9.17, 15) is 19.2 Å². The second-order valence-corrected chi connectivity index (χ2v) is 10.2. The van der Waals surface area contributed by atoms with Gasteiger partial charge >= 0.3 is 0 Å². The lowest BCUT2D eigenvalue weighted by Gasteiger charge is -2.38. The number of benzene rings is 1. The summed E-state index contributed by atoms with van der Waals surface area (Å²) in [7, 11) is 0. The fourth-order valence-electron chi connectivity index (χ4n) is 5.17. The molecule has 2 aliphatic carbocycles. The summed E-state index contributed by atoms with van der Waals surface area (Å²) in [6, 6.07) is 3.94. The molecule has 9 heteroatoms. The van der Waals surface area contributed by atoms with Gasteiger partial charge in [0.2, 0.25) is 18.5 Å². The van der Waals surface area contributed by atoms with Crippen LogP contribution in [0.5, 0.6) is 11.5 Å². The van der Waals surface area contributed by atoms with Crippen LogP contribution < -0.4 is 25.4 Å². The predicted molar refractivity (Wildman–Crippen MR) is 128 cm³/mol. The predicted octanol–water partition coefficient (Wildman–Crippen LogP) is 2.62. The van der Waals surface area contributed by atoms with Gasteiger partial charge in [-0.25, -0.2) is 0 Å². The zero-order valence-electron chi connectivity index (χ0n) is 20.5. The molecule has 4 rings (SSSR count). The number of carbonyl (C=O) groups excluding carboxylic acids is 4. The number of ether oxygens (including phenoxy) is 2. The first-order chi connectivity index (χ1) is 16.8. The molecule has 1 aromatic carbocycles. The zero-order valence-corrected chi connectivity index (χ0v) is 20.5. The molecule has 9 nitrogen and oxygen atoms in total. The summed E-state index contributed by atoms with van der Waals surface area (Å²) in [6.45, 7) is 3.70. The second-order valence-electron chi connectivity index (χ2n) is 10.2. The van der Waals surface area contributed by atoms with Crippen LogP contribution in [0.2, 0.25) is 0 Å². The maximum absolute atomic E-state index is 13.6. The van der Waals surface area contributed by atoms with E-state index in [4.69, 9.17) is 9.47 Å². The van der Waals surface area contributed by atoms with Gasteiger partial charge in [0.05, 0.1) is 6.04 Å². The molecule has 3 N–H and O–H groups in total. The van der Waals surface area contributed by atoms with Crippen LogP contribution in [0.15, 0.2) is 18.2 Å². The number of amides is 3. The Hall–Kier alpha value is -3.10. The molecule has 2 fully saturated rings. The van der Waals surface area contributed by atoms with Gasteiger partial charge in [-0.2, -0.15) is 0 Å². The number of fused-ring (bicyclic) bond motifs is 1. The number of rotatable bonds is 8. The second kappa shape index (κ2) is 10.7. The van der Waals surface area contributed by atoms with Gasteiger partial charge in [-0.1, -0.05) is 46.0 Å². The van der Waals surface area contributed by atoms with E-state index in [2.05, 4.69) is 16.0 Å². The summed E-state index contributed by atoms with van der Waals surface area (Å²) in [5.41, 5.74) is -0.791. The lowest BCUT2D eigenvalue weighted by Crippen LogP contribution is -2.63. The van der Waals surface area contributed by atoms with Crippen molar-refractivity contribution < 1.29 is 28.7 Å². The Morgan fingerprint density at radius 3 is 2.31 bits per heavy atom. The van der Waals surface area contributed by atoms with E-state index in [1.807, 2.05) is 0 Å². The van der Waals surface area contributed by atoms with Crippen molar-refractivity contribution in [3.63, 3.8) is 0 Å². The number of hydrogen-bond acceptors (Lipinski definition) is 6. The van der Waals surface area contributed by atoms with Gasteiger partial charge in [0.1, 0.15) is 5.54 Å². The highest BCUT2D eigenvalue weighted by atomic mass is 16.7. The molecular formula is C26H35N3O6. The van der Waals surface area contributed by atoms with Gasteiger partial charge in [0.25, 0.3) is 11.8 Å². The summed E-state index contributed by atoms with van der Waals surface area (Å²) < 4.78 is 10.7. The van der Waals surface area contributed by atoms with Crippen molar-refractivity contribution in [2.75, 3.05) is 6.79 Å². The molecule has 0 bridgehead atoms. The van der Waals surface area contributed by atoms with Crippen LogP contribution in [-0.4, -0.2) is 47.9 Å². The van der Waals surface area contributed by atoms with Crippen LogP contribution in [0, 0.1) is 5.92 Å². The van der Waals surface area contributed by atoms with Crippen molar-refractivity contribution in [2.45, 2.75) is 89.3 Å². The smallest absolute Gasteiger partial charge is 0.289 e. The van der Waals surface area contributed by atoms with Crippen molar-refractivity contribution in [2.24, 2.45) is 5.92 Å². The third-order valence-corrected chi connectivity index (χ3v) is 7.28. The average molecular weight is 486 g/mol. The maximum atomic E-state index is 13.6. The van der Waals surface area contributed by atoms with Crippen molar-refractivity contribution in [3.05, 3.63) is 23.8 Å². The highest BCUT2D eigenvalue weighted by Gasteiger charge is 2.43. The summed E-state index contributed by atoms with van der Waals surface area (Å²) in [5, 5.41) is 8.59. The third-order valence-electron chi connectivity index (χ3n) is 7.28. The first-order valence-corrected chi connectivity index (χ1v) is 12.7. The van der Waals surface area contributed by atoms with E-state index in [1.54, 1.807) is 32.0 Å². The molecule has 0 unspecified atom stereocenters. The Morgan fingerprint density at radius 1 is 0.943 bits per heavy atom. The van der Waals surface area contributed by atoms with E-state index in [0.29, 0.717) is 29.9 Å². The molecule has 35 heavy (non-hydrogen) atoms. The average Bonchev–Trinajstić information content (AvgIpc) is 3.53. The number of ketones is 1. The van der Waals surface area contributed by atoms with Crippen molar-refractivity contribution in [1.82, 2.24) is 16.0 Å². The Morgan fingerprint density at radius 2 is 1.63 bits per heavy atom. The van der Waals surface area contributed by atoms with Crippen LogP contribution in [0.25, 0.3) is 0 Å². The Balaban J connectivity index is 1.48. The van der Waals surface area contributed by atoms with Crippen LogP contribution in [-0.2, 0) is 14.4 Å². The zero-order chi connectivity index (χ0) is 25.0. The number of carbonyl (C=O) groups is 4. The number of Topliss-reactive ketones (excluding diaryl/α,β-unsaturated/α-hetero) is 1. The van der Waals surface area contributed by atoms with Crippen LogP contribution in [0.4, 0.5) is 0 Å². The van der Waals surface area contributed by atoms with Gasteiger partial charge in [-0.05, 0) is 49.8 Å². The monoisotopic (exact) mass is 485 g/mol. The van der Waals surface area contributed by atoms with Gasteiger partial charge in [-0.15, -0.1) is 0 Å². The minimum absolute atomic E-state index is 0.0145. The molecule has 0 radical (unpaired) electrons. The van der Waals surface area contributed by atoms with Crippen molar-refractivity contribution >= 4 is 23.5 Å². The van der Waals surface area contributed by atoms with Crippen molar-refractivity contribution in [3.8, 4) is 11.5 Å². The lowest BCUT2D eigenvalue weighted by atomic mass is 9.80. The molecule has 3 amide bonds. The van der Waals surface area contributed by atoms with E-state index >= 15 is 0 Å². The molecule has 3 aliphatic rings. The highest BCUT2D eigenvalue weighted by molar-refractivity contribution is 6.38. The molecule has 1 atom stereocenters. The first kappa shape index (κ1) is 25.0. The summed E-state index contributed by atoms with van der Waals surface area (Å²) in [5.74, 6) is -1.35. The minimum Gasteiger partial charge on any atom is -0.454 e. The van der Waals surface area contributed by atoms with E-state index < -0.39 is 35.1 Å². The SMILES string of the molecule is CC(C)[C@H](NC(=O)C1(NC(=O)c2ccc3c(c2)OCO3)CCCCC1)C(=O)C(=O)NC1CCCC1. The standard InChI is InChI=1S/C26H35N3O6/c1-16(2)21(22(30)24(32)27-18-8-4-5-9-18)28-25(33)26(12-6-3-7-13-26)29-23(31)17-10-11-19-20(14-17)35-15-34-19/h10-11,14,16,18,21H,3-9,12-13,15H2,1-2H3,(H,27,32)(H,28,33)(H,29,31)/t21-/m0/s1. The third kappa shape index (κ3) is 5.60. The van der Waals surface area contributed by atoms with Crippen LogP contribution in [0.3, 0.4) is 0 Å². The topological polar surface area (TPSA) is 123 Å². The van der Waals surface area contributed by atoms with E-state index in [0.717, 1.165) is 44.9 Å². The summed E-state index contributed by atoms with van der Waals surface area (Å²) in [4.78, 5) is 52.4.